The maximum Gasteiger partial charge on any atom is 0.255 e. The van der Waals surface area contributed by atoms with E-state index in [0.717, 1.165) is 47.4 Å². The minimum absolute atomic E-state index is 0.545. The highest BCUT2D eigenvalue weighted by Crippen LogP contribution is 2.30. The lowest BCUT2D eigenvalue weighted by molar-refractivity contribution is 0.577. The summed E-state index contributed by atoms with van der Waals surface area (Å²) in [5.41, 5.74) is 3.34. The smallest absolute Gasteiger partial charge is 0.255 e. The molecule has 0 spiro atoms. The van der Waals surface area contributed by atoms with Crippen molar-refractivity contribution in [2.45, 2.75) is 25.7 Å². The van der Waals surface area contributed by atoms with Gasteiger partial charge in [-0.05, 0) is 62.1 Å². The van der Waals surface area contributed by atoms with Crippen LogP contribution in [0.2, 0.25) is 0 Å². The highest BCUT2D eigenvalue weighted by Gasteiger charge is 2.21. The predicted molar refractivity (Wildman–Crippen MR) is 103 cm³/mol. The van der Waals surface area contributed by atoms with Gasteiger partial charge in [0.15, 0.2) is 5.76 Å². The molecule has 7 heteroatoms. The van der Waals surface area contributed by atoms with E-state index in [1.807, 2.05) is 36.4 Å². The van der Waals surface area contributed by atoms with Crippen molar-refractivity contribution >= 4 is 33.2 Å². The van der Waals surface area contributed by atoms with Crippen molar-refractivity contribution in [3.05, 3.63) is 58.4 Å². The molecule has 1 N–H and O–H groups in total. The number of benzene rings is 1. The minimum atomic E-state index is 0.545. The zero-order valence-electron chi connectivity index (χ0n) is 13.9. The Morgan fingerprint density at radius 2 is 1.88 bits per heavy atom. The first kappa shape index (κ1) is 15.6. The lowest BCUT2D eigenvalue weighted by atomic mass is 9.96. The van der Waals surface area contributed by atoms with Crippen molar-refractivity contribution in [2.75, 3.05) is 5.32 Å². The highest BCUT2D eigenvalue weighted by atomic mass is 79.9. The largest absolute Gasteiger partial charge is 0.461 e. The maximum absolute atomic E-state index is 5.45. The van der Waals surface area contributed by atoms with E-state index in [4.69, 9.17) is 9.40 Å². The van der Waals surface area contributed by atoms with Gasteiger partial charge < -0.3 is 9.73 Å². The molecule has 0 radical (unpaired) electrons. The summed E-state index contributed by atoms with van der Waals surface area (Å²) in [6, 6.07) is 11.8. The summed E-state index contributed by atoms with van der Waals surface area (Å²) >= 11 is 3.48. The average molecular weight is 410 g/mol. The van der Waals surface area contributed by atoms with E-state index in [9.17, 15) is 0 Å². The summed E-state index contributed by atoms with van der Waals surface area (Å²) in [7, 11) is 0. The third kappa shape index (κ3) is 2.68. The van der Waals surface area contributed by atoms with Crippen LogP contribution >= 0.6 is 15.9 Å². The summed E-state index contributed by atoms with van der Waals surface area (Å²) in [6.45, 7) is 0. The molecule has 26 heavy (non-hydrogen) atoms. The van der Waals surface area contributed by atoms with Gasteiger partial charge in [-0.15, -0.1) is 5.10 Å². The standard InChI is InChI=1S/C19H16BrN5O/c20-12-7-9-13(10-8-12)21-18-14-4-1-2-5-15(14)22-19-23-17(24-25(18)19)16-6-3-11-26-16/h3,6-11,21H,1-2,4-5H2. The highest BCUT2D eigenvalue weighted by molar-refractivity contribution is 9.10. The number of aryl methyl sites for hydroxylation is 1. The lowest BCUT2D eigenvalue weighted by Gasteiger charge is -2.19. The second kappa shape index (κ2) is 6.25. The van der Waals surface area contributed by atoms with E-state index < -0.39 is 0 Å². The van der Waals surface area contributed by atoms with Gasteiger partial charge in [-0.1, -0.05) is 15.9 Å². The van der Waals surface area contributed by atoms with E-state index in [1.165, 1.54) is 5.56 Å². The molecule has 0 saturated heterocycles. The van der Waals surface area contributed by atoms with Crippen LogP contribution in [-0.4, -0.2) is 19.6 Å². The van der Waals surface area contributed by atoms with E-state index in [0.29, 0.717) is 17.4 Å². The molecule has 0 saturated carbocycles. The van der Waals surface area contributed by atoms with Gasteiger partial charge in [-0.25, -0.2) is 4.98 Å². The summed E-state index contributed by atoms with van der Waals surface area (Å²) in [6.07, 6.45) is 5.92. The van der Waals surface area contributed by atoms with Gasteiger partial charge in [0.1, 0.15) is 5.82 Å². The van der Waals surface area contributed by atoms with Crippen LogP contribution in [0.3, 0.4) is 0 Å². The molecule has 0 unspecified atom stereocenters. The number of aromatic nitrogens is 4. The van der Waals surface area contributed by atoms with Crippen LogP contribution in [0.4, 0.5) is 11.5 Å². The number of nitrogens with zero attached hydrogens (tertiary/aromatic N) is 4. The summed E-state index contributed by atoms with van der Waals surface area (Å²) < 4.78 is 8.30. The normalized spacial score (nSPS) is 13.7. The number of hydrogen-bond acceptors (Lipinski definition) is 5. The van der Waals surface area contributed by atoms with Crippen LogP contribution in [0, 0.1) is 0 Å². The summed E-state index contributed by atoms with van der Waals surface area (Å²) in [5.74, 6) is 2.72. The Morgan fingerprint density at radius 3 is 2.69 bits per heavy atom. The SMILES string of the molecule is Brc1ccc(Nc2c3c(nc4nc(-c5ccco5)nn24)CCCC3)cc1. The second-order valence-electron chi connectivity index (χ2n) is 6.35. The zero-order valence-corrected chi connectivity index (χ0v) is 15.5. The Labute approximate surface area is 158 Å². The number of halogens is 1. The van der Waals surface area contributed by atoms with Crippen molar-refractivity contribution in [3.8, 4) is 11.6 Å². The van der Waals surface area contributed by atoms with E-state index in [-0.39, 0.29) is 0 Å². The van der Waals surface area contributed by atoms with Crippen molar-refractivity contribution in [3.63, 3.8) is 0 Å². The van der Waals surface area contributed by atoms with Crippen LogP contribution in [0.25, 0.3) is 17.4 Å². The number of fused-ring (bicyclic) bond motifs is 2. The molecule has 6 nitrogen and oxygen atoms in total. The van der Waals surface area contributed by atoms with Crippen LogP contribution in [0.15, 0.2) is 51.6 Å². The molecule has 130 valence electrons. The van der Waals surface area contributed by atoms with Crippen LogP contribution < -0.4 is 5.32 Å². The molecule has 3 aromatic heterocycles. The minimum Gasteiger partial charge on any atom is -0.461 e. The van der Waals surface area contributed by atoms with Gasteiger partial charge >= 0.3 is 0 Å². The Kier molecular flexibility index (Phi) is 3.74. The second-order valence-corrected chi connectivity index (χ2v) is 7.26. The van der Waals surface area contributed by atoms with Gasteiger partial charge in [-0.3, -0.25) is 0 Å². The van der Waals surface area contributed by atoms with E-state index >= 15 is 0 Å². The average Bonchev–Trinajstić information content (AvgIpc) is 3.32. The van der Waals surface area contributed by atoms with Gasteiger partial charge in [-0.2, -0.15) is 9.50 Å². The molecule has 5 rings (SSSR count). The molecule has 1 aliphatic rings. The first-order chi connectivity index (χ1) is 12.8. The van der Waals surface area contributed by atoms with Crippen LogP contribution in [0.1, 0.15) is 24.1 Å². The number of furan rings is 1. The summed E-state index contributed by atoms with van der Waals surface area (Å²) in [5, 5.41) is 8.18. The molecule has 3 heterocycles. The van der Waals surface area contributed by atoms with Gasteiger partial charge in [0.05, 0.1) is 12.0 Å². The first-order valence-electron chi connectivity index (χ1n) is 8.63. The molecule has 0 atom stereocenters. The Balaban J connectivity index is 1.68. The molecule has 0 amide bonds. The topological polar surface area (TPSA) is 68.2 Å². The third-order valence-corrected chi connectivity index (χ3v) is 5.14. The molecule has 4 aromatic rings. The van der Waals surface area contributed by atoms with E-state index in [1.54, 1.807) is 10.8 Å². The molecule has 1 aliphatic carbocycles. The van der Waals surface area contributed by atoms with Gasteiger partial charge in [0.25, 0.3) is 5.78 Å². The van der Waals surface area contributed by atoms with Gasteiger partial charge in [0, 0.05) is 15.7 Å². The Bertz CT molecular complexity index is 1070. The zero-order chi connectivity index (χ0) is 17.5. The van der Waals surface area contributed by atoms with Crippen molar-refractivity contribution in [1.29, 1.82) is 0 Å². The number of hydrogen-bond donors (Lipinski definition) is 1. The fourth-order valence-corrected chi connectivity index (χ4v) is 3.62. The van der Waals surface area contributed by atoms with Crippen molar-refractivity contribution < 1.29 is 4.42 Å². The number of nitrogens with one attached hydrogen (secondary N) is 1. The van der Waals surface area contributed by atoms with Crippen LogP contribution in [0.5, 0.6) is 0 Å². The van der Waals surface area contributed by atoms with Crippen molar-refractivity contribution in [1.82, 2.24) is 19.6 Å². The molecular formula is C19H16BrN5O. The summed E-state index contributed by atoms with van der Waals surface area (Å²) in [4.78, 5) is 9.34. The van der Waals surface area contributed by atoms with E-state index in [2.05, 4.69) is 31.3 Å². The monoisotopic (exact) mass is 409 g/mol. The molecule has 0 fully saturated rings. The first-order valence-corrected chi connectivity index (χ1v) is 9.42. The predicted octanol–water partition coefficient (Wildman–Crippen LogP) is 4.77. The molecule has 1 aromatic carbocycles. The van der Waals surface area contributed by atoms with Crippen molar-refractivity contribution in [2.24, 2.45) is 0 Å². The number of anilines is 2. The quantitative estimate of drug-likeness (QED) is 0.527. The maximum atomic E-state index is 5.45. The molecule has 0 bridgehead atoms. The van der Waals surface area contributed by atoms with Gasteiger partial charge in [0.2, 0.25) is 5.82 Å². The van der Waals surface area contributed by atoms with Crippen LogP contribution in [-0.2, 0) is 12.8 Å². The Hall–Kier alpha value is -2.67. The lowest BCUT2D eigenvalue weighted by Crippen LogP contribution is -2.13. The fourth-order valence-electron chi connectivity index (χ4n) is 3.35. The molecular weight excluding hydrogens is 394 g/mol. The third-order valence-electron chi connectivity index (χ3n) is 4.61. The fraction of sp³-hybridized carbons (Fsp3) is 0.211. The number of rotatable bonds is 3. The molecule has 0 aliphatic heterocycles. The Morgan fingerprint density at radius 1 is 1.04 bits per heavy atom.